The summed E-state index contributed by atoms with van der Waals surface area (Å²) in [6.07, 6.45) is 1.81. The molecule has 0 spiro atoms. The number of hydrogen-bond donors (Lipinski definition) is 4. The number of rotatable bonds is 6. The molecule has 1 aliphatic rings. The van der Waals surface area contributed by atoms with Gasteiger partial charge in [0.1, 0.15) is 35.9 Å². The van der Waals surface area contributed by atoms with E-state index in [-0.39, 0.29) is 35.5 Å². The average molecular weight is 523 g/mol. The Balaban J connectivity index is 1.81. The van der Waals surface area contributed by atoms with E-state index in [9.17, 15) is 5.26 Å². The van der Waals surface area contributed by atoms with Crippen molar-refractivity contribution in [3.63, 3.8) is 0 Å². The number of guanidine groups is 1. The second kappa shape index (κ2) is 10.5. The molecule has 1 unspecified atom stereocenters. The fourth-order valence-corrected chi connectivity index (χ4v) is 4.17. The summed E-state index contributed by atoms with van der Waals surface area (Å²) in [4.78, 5) is 8.80. The molecule has 0 fully saturated rings. The Hall–Kier alpha value is -4.38. The maximum absolute atomic E-state index is 9.54. The topological polar surface area (TPSA) is 167 Å². The van der Waals surface area contributed by atoms with Gasteiger partial charge in [-0.25, -0.2) is 9.98 Å². The van der Waals surface area contributed by atoms with E-state index >= 15 is 0 Å². The number of halogens is 2. The number of ether oxygens (including phenoxy) is 2. The Morgan fingerprint density at radius 1 is 1.11 bits per heavy atom. The van der Waals surface area contributed by atoms with Crippen LogP contribution in [0.25, 0.3) is 0 Å². The molecule has 0 amide bonds. The molecule has 12 heteroatoms. The second-order valence-electron chi connectivity index (χ2n) is 7.54. The van der Waals surface area contributed by atoms with E-state index in [1.54, 1.807) is 18.2 Å². The first-order valence-electron chi connectivity index (χ1n) is 10.7. The van der Waals surface area contributed by atoms with E-state index in [1.807, 2.05) is 37.4 Å². The molecule has 36 heavy (non-hydrogen) atoms. The van der Waals surface area contributed by atoms with Gasteiger partial charge in [0, 0.05) is 27.8 Å². The Kier molecular flexibility index (Phi) is 7.20. The molecular formula is C24H20Cl2N8O2. The largest absolute Gasteiger partial charge is 0.490 e. The third-order valence-corrected chi connectivity index (χ3v) is 6.05. The zero-order chi connectivity index (χ0) is 25.8. The summed E-state index contributed by atoms with van der Waals surface area (Å²) in [6, 6.07) is 11.8. The third kappa shape index (κ3) is 4.73. The fourth-order valence-electron chi connectivity index (χ4n) is 3.72. The van der Waals surface area contributed by atoms with Crippen LogP contribution >= 0.6 is 23.2 Å². The van der Waals surface area contributed by atoms with Crippen molar-refractivity contribution in [2.45, 2.75) is 19.6 Å². The van der Waals surface area contributed by atoms with Crippen LogP contribution in [-0.4, -0.2) is 17.6 Å². The van der Waals surface area contributed by atoms with Gasteiger partial charge < -0.3 is 26.3 Å². The van der Waals surface area contributed by atoms with Crippen LogP contribution in [0.2, 0.25) is 10.0 Å². The minimum atomic E-state index is -0.832. The molecule has 3 aromatic rings. The number of aliphatic imine (C=N–C) groups is 1. The summed E-state index contributed by atoms with van der Waals surface area (Å²) < 4.78 is 11.8. The van der Waals surface area contributed by atoms with E-state index < -0.39 is 6.04 Å². The van der Waals surface area contributed by atoms with Gasteiger partial charge in [-0.2, -0.15) is 10.5 Å². The first-order chi connectivity index (χ1) is 17.4. The molecule has 6 N–H and O–H groups in total. The number of pyridine rings is 1. The molecule has 2 aromatic carbocycles. The van der Waals surface area contributed by atoms with Crippen molar-refractivity contribution in [2.24, 2.45) is 4.99 Å². The number of fused-ring (bicyclic) bond motifs is 1. The average Bonchev–Trinajstić information content (AvgIpc) is 2.84. The molecule has 1 aromatic heterocycles. The van der Waals surface area contributed by atoms with Gasteiger partial charge >= 0.3 is 0 Å². The maximum atomic E-state index is 9.54. The van der Waals surface area contributed by atoms with Crippen LogP contribution in [0.3, 0.4) is 0 Å². The van der Waals surface area contributed by atoms with Crippen molar-refractivity contribution < 1.29 is 9.47 Å². The van der Waals surface area contributed by atoms with Crippen LogP contribution in [0.5, 0.6) is 11.5 Å². The zero-order valence-corrected chi connectivity index (χ0v) is 20.5. The highest BCUT2D eigenvalue weighted by Gasteiger charge is 2.31. The summed E-state index contributed by atoms with van der Waals surface area (Å²) in [7, 11) is 0. The number of hydrogen-bond acceptors (Lipinski definition) is 10. The molecule has 0 aliphatic carbocycles. The molecule has 0 saturated carbocycles. The number of nitrogen functional groups attached to an aromatic ring is 2. The van der Waals surface area contributed by atoms with Crippen molar-refractivity contribution in [3.8, 4) is 23.8 Å². The minimum Gasteiger partial charge on any atom is -0.490 e. The lowest BCUT2D eigenvalue weighted by molar-refractivity contribution is 0.269. The van der Waals surface area contributed by atoms with Gasteiger partial charge in [-0.05, 0) is 19.1 Å². The van der Waals surface area contributed by atoms with E-state index in [0.717, 1.165) is 5.56 Å². The molecule has 1 aliphatic heterocycles. The maximum Gasteiger partial charge on any atom is 0.211 e. The lowest BCUT2D eigenvalue weighted by Crippen LogP contribution is -2.32. The number of nitrogens with zero attached hydrogens (tertiary/aromatic N) is 4. The van der Waals surface area contributed by atoms with Crippen LogP contribution in [0.15, 0.2) is 41.4 Å². The quantitative estimate of drug-likeness (QED) is 0.271. The van der Waals surface area contributed by atoms with Gasteiger partial charge in [0.15, 0.2) is 17.7 Å². The predicted molar refractivity (Wildman–Crippen MR) is 138 cm³/mol. The molecule has 0 radical (unpaired) electrons. The Morgan fingerprint density at radius 2 is 1.86 bits per heavy atom. The summed E-state index contributed by atoms with van der Waals surface area (Å²) >= 11 is 13.0. The SMILES string of the molecule is CCOc1cc(C2N=C(NC#N)Nc3nc(N)c(C#N)c(N)c32)c(Cl)cc1OCc1ccccc1Cl. The van der Waals surface area contributed by atoms with Gasteiger partial charge in [0.2, 0.25) is 5.96 Å². The molecule has 4 rings (SSSR count). The first-order valence-corrected chi connectivity index (χ1v) is 11.4. The van der Waals surface area contributed by atoms with Gasteiger partial charge in [-0.1, -0.05) is 41.4 Å². The fraction of sp³-hybridized carbons (Fsp3) is 0.167. The third-order valence-electron chi connectivity index (χ3n) is 5.36. The summed E-state index contributed by atoms with van der Waals surface area (Å²) in [6.45, 7) is 2.39. The van der Waals surface area contributed by atoms with Crippen molar-refractivity contribution >= 4 is 46.5 Å². The van der Waals surface area contributed by atoms with Crippen LogP contribution in [0.4, 0.5) is 17.3 Å². The van der Waals surface area contributed by atoms with E-state index in [1.165, 1.54) is 0 Å². The molecular weight excluding hydrogens is 503 g/mol. The number of aromatic nitrogens is 1. The normalized spacial score (nSPS) is 13.9. The highest BCUT2D eigenvalue weighted by atomic mass is 35.5. The summed E-state index contributed by atoms with van der Waals surface area (Å²) in [5.74, 6) is 1.12. The van der Waals surface area contributed by atoms with Gasteiger partial charge in [-0.3, -0.25) is 5.32 Å². The molecule has 0 saturated heterocycles. The summed E-state index contributed by atoms with van der Waals surface area (Å²) in [5.41, 5.74) is 14.0. The van der Waals surface area contributed by atoms with Crippen LogP contribution < -0.4 is 31.6 Å². The van der Waals surface area contributed by atoms with Crippen molar-refractivity contribution in [2.75, 3.05) is 23.4 Å². The van der Waals surface area contributed by atoms with Crippen LogP contribution in [0, 0.1) is 22.8 Å². The molecule has 10 nitrogen and oxygen atoms in total. The predicted octanol–water partition coefficient (Wildman–Crippen LogP) is 4.34. The Morgan fingerprint density at radius 3 is 2.56 bits per heavy atom. The van der Waals surface area contributed by atoms with E-state index in [2.05, 4.69) is 20.6 Å². The van der Waals surface area contributed by atoms with E-state index in [4.69, 9.17) is 49.4 Å². The van der Waals surface area contributed by atoms with Gasteiger partial charge in [0.25, 0.3) is 0 Å². The minimum absolute atomic E-state index is 0.0216. The number of benzene rings is 2. The monoisotopic (exact) mass is 522 g/mol. The van der Waals surface area contributed by atoms with Crippen molar-refractivity contribution in [3.05, 3.63) is 68.7 Å². The Bertz CT molecular complexity index is 1450. The standard InChI is InChI=1S/C24H20Cl2N8O2/c1-2-35-17-7-13(16(26)8-18(17)36-10-12-5-3-4-6-15(12)25)21-19-20(29)14(9-27)22(30)33-23(19)34-24(32-21)31-11-28/h3-8,21H,2,10H2,1H3,(H6,29,30,31,32,33,34). The molecule has 0 bridgehead atoms. The number of nitrogens with one attached hydrogen (secondary N) is 2. The zero-order valence-electron chi connectivity index (χ0n) is 19.0. The first kappa shape index (κ1) is 24.7. The van der Waals surface area contributed by atoms with Gasteiger partial charge in [0.05, 0.1) is 17.3 Å². The van der Waals surface area contributed by atoms with Crippen molar-refractivity contribution in [1.82, 2.24) is 10.3 Å². The lowest BCUT2D eigenvalue weighted by Gasteiger charge is -2.27. The van der Waals surface area contributed by atoms with Gasteiger partial charge in [-0.15, -0.1) is 0 Å². The lowest BCUT2D eigenvalue weighted by atomic mass is 9.94. The highest BCUT2D eigenvalue weighted by Crippen LogP contribution is 2.45. The second-order valence-corrected chi connectivity index (χ2v) is 8.35. The van der Waals surface area contributed by atoms with E-state index in [0.29, 0.717) is 39.3 Å². The molecule has 1 atom stereocenters. The molecule has 2 heterocycles. The molecule has 182 valence electrons. The number of nitrogens with two attached hydrogens (primary N) is 2. The summed E-state index contributed by atoms with van der Waals surface area (Å²) in [5, 5.41) is 24.9. The number of nitriles is 2. The smallest absolute Gasteiger partial charge is 0.211 e. The highest BCUT2D eigenvalue weighted by molar-refractivity contribution is 6.32. The van der Waals surface area contributed by atoms with Crippen LogP contribution in [0.1, 0.15) is 35.2 Å². The number of anilines is 3. The van der Waals surface area contributed by atoms with Crippen molar-refractivity contribution in [1.29, 1.82) is 10.5 Å². The van der Waals surface area contributed by atoms with Crippen LogP contribution in [-0.2, 0) is 6.61 Å². The Labute approximate surface area is 217 Å².